The highest BCUT2D eigenvalue weighted by Crippen LogP contribution is 2.66. The molecule has 0 radical (unpaired) electrons. The minimum Gasteiger partial charge on any atom is -0.478 e. The molecule has 2 fully saturated rings. The SMILES string of the molecule is CC1(CO)CC2C(O)C(C(=O)O)=C3CCC3(C)C2C1. The van der Waals surface area contributed by atoms with E-state index in [1.54, 1.807) is 0 Å². The fourth-order valence-electron chi connectivity index (χ4n) is 4.78. The van der Waals surface area contributed by atoms with Crippen molar-refractivity contribution in [2.24, 2.45) is 22.7 Å². The van der Waals surface area contributed by atoms with Crippen LogP contribution >= 0.6 is 0 Å². The number of aliphatic hydroxyl groups is 2. The van der Waals surface area contributed by atoms with Gasteiger partial charge in [0.25, 0.3) is 0 Å². The van der Waals surface area contributed by atoms with Crippen molar-refractivity contribution in [2.75, 3.05) is 6.61 Å². The minimum absolute atomic E-state index is 0.0164. The first-order valence-corrected chi connectivity index (χ1v) is 7.08. The van der Waals surface area contributed by atoms with Gasteiger partial charge in [-0.2, -0.15) is 0 Å². The standard InChI is InChI=1S/C15H22O4/c1-14(7-16)5-8-10(6-14)15(2)4-3-9(15)11(12(8)17)13(18)19/h8,10,12,16-17H,3-7H2,1-2H3,(H,18,19). The van der Waals surface area contributed by atoms with Crippen LogP contribution < -0.4 is 0 Å². The number of hydrogen-bond acceptors (Lipinski definition) is 3. The smallest absolute Gasteiger partial charge is 0.334 e. The summed E-state index contributed by atoms with van der Waals surface area (Å²) in [5, 5.41) is 29.4. The molecule has 106 valence electrons. The van der Waals surface area contributed by atoms with Crippen LogP contribution in [-0.2, 0) is 4.79 Å². The maximum Gasteiger partial charge on any atom is 0.334 e. The van der Waals surface area contributed by atoms with E-state index in [1.807, 2.05) is 6.92 Å². The zero-order valence-corrected chi connectivity index (χ0v) is 11.5. The van der Waals surface area contributed by atoms with Crippen LogP contribution in [0.25, 0.3) is 0 Å². The summed E-state index contributed by atoms with van der Waals surface area (Å²) in [6, 6.07) is 0. The first-order chi connectivity index (χ1) is 8.82. The maximum absolute atomic E-state index is 11.4. The van der Waals surface area contributed by atoms with Crippen LogP contribution in [-0.4, -0.2) is 34.0 Å². The third-order valence-corrected chi connectivity index (χ3v) is 6.00. The van der Waals surface area contributed by atoms with E-state index in [1.165, 1.54) is 0 Å². The number of aliphatic hydroxyl groups excluding tert-OH is 2. The largest absolute Gasteiger partial charge is 0.478 e. The predicted molar refractivity (Wildman–Crippen MR) is 69.4 cm³/mol. The summed E-state index contributed by atoms with van der Waals surface area (Å²) in [7, 11) is 0. The third kappa shape index (κ3) is 1.56. The Balaban J connectivity index is 2.04. The molecule has 3 aliphatic carbocycles. The van der Waals surface area contributed by atoms with Gasteiger partial charge in [0.1, 0.15) is 0 Å². The molecule has 3 rings (SSSR count). The summed E-state index contributed by atoms with van der Waals surface area (Å²) in [6.07, 6.45) is 2.55. The highest BCUT2D eigenvalue weighted by Gasteiger charge is 2.60. The third-order valence-electron chi connectivity index (χ3n) is 6.00. The van der Waals surface area contributed by atoms with E-state index < -0.39 is 12.1 Å². The zero-order valence-electron chi connectivity index (χ0n) is 11.5. The molecule has 0 aromatic carbocycles. The summed E-state index contributed by atoms with van der Waals surface area (Å²) >= 11 is 0. The lowest BCUT2D eigenvalue weighted by molar-refractivity contribution is -0.135. The van der Waals surface area contributed by atoms with Crippen LogP contribution in [0.1, 0.15) is 39.5 Å². The Hall–Kier alpha value is -0.870. The summed E-state index contributed by atoms with van der Waals surface area (Å²) in [6.45, 7) is 4.29. The van der Waals surface area contributed by atoms with Crippen LogP contribution in [0.3, 0.4) is 0 Å². The van der Waals surface area contributed by atoms with Crippen molar-refractivity contribution in [3.63, 3.8) is 0 Å². The summed E-state index contributed by atoms with van der Waals surface area (Å²) in [5.41, 5.74) is 0.964. The van der Waals surface area contributed by atoms with Crippen molar-refractivity contribution in [1.29, 1.82) is 0 Å². The van der Waals surface area contributed by atoms with Crippen LogP contribution in [0.5, 0.6) is 0 Å². The van der Waals surface area contributed by atoms with E-state index in [0.717, 1.165) is 31.3 Å². The Morgan fingerprint density at radius 2 is 2.05 bits per heavy atom. The van der Waals surface area contributed by atoms with Crippen molar-refractivity contribution >= 4 is 5.97 Å². The summed E-state index contributed by atoms with van der Waals surface area (Å²) < 4.78 is 0. The van der Waals surface area contributed by atoms with Gasteiger partial charge < -0.3 is 15.3 Å². The molecule has 3 aliphatic rings. The van der Waals surface area contributed by atoms with Crippen LogP contribution in [0.2, 0.25) is 0 Å². The number of carbonyl (C=O) groups is 1. The van der Waals surface area contributed by atoms with E-state index in [2.05, 4.69) is 6.92 Å². The van der Waals surface area contributed by atoms with Crippen molar-refractivity contribution in [3.05, 3.63) is 11.1 Å². The van der Waals surface area contributed by atoms with E-state index in [9.17, 15) is 20.1 Å². The van der Waals surface area contributed by atoms with Gasteiger partial charge in [-0.25, -0.2) is 4.79 Å². The molecule has 0 aliphatic heterocycles. The molecular weight excluding hydrogens is 244 g/mol. The summed E-state index contributed by atoms with van der Waals surface area (Å²) in [5.74, 6) is -0.673. The average molecular weight is 266 g/mol. The number of carboxylic acids is 1. The van der Waals surface area contributed by atoms with Gasteiger partial charge in [-0.3, -0.25) is 0 Å². The lowest BCUT2D eigenvalue weighted by atomic mass is 9.51. The zero-order chi connectivity index (χ0) is 14.0. The van der Waals surface area contributed by atoms with Crippen molar-refractivity contribution in [3.8, 4) is 0 Å². The second-order valence-corrected chi connectivity index (χ2v) is 7.21. The molecule has 2 saturated carbocycles. The fourth-order valence-corrected chi connectivity index (χ4v) is 4.78. The molecule has 3 N–H and O–H groups in total. The Bertz CT molecular complexity index is 469. The highest BCUT2D eigenvalue weighted by molar-refractivity contribution is 5.90. The van der Waals surface area contributed by atoms with Crippen molar-refractivity contribution in [2.45, 2.75) is 45.6 Å². The molecular formula is C15H22O4. The number of hydrogen-bond donors (Lipinski definition) is 3. The van der Waals surface area contributed by atoms with Gasteiger partial charge in [0.2, 0.25) is 0 Å². The first kappa shape index (κ1) is 13.1. The van der Waals surface area contributed by atoms with Gasteiger partial charge in [-0.05, 0) is 48.3 Å². The maximum atomic E-state index is 11.4. The van der Waals surface area contributed by atoms with Gasteiger partial charge in [0, 0.05) is 6.61 Å². The van der Waals surface area contributed by atoms with Crippen molar-refractivity contribution in [1.82, 2.24) is 0 Å². The number of fused-ring (bicyclic) bond motifs is 3. The molecule has 0 aromatic rings. The van der Waals surface area contributed by atoms with Crippen molar-refractivity contribution < 1.29 is 20.1 Å². The quantitative estimate of drug-likeness (QED) is 0.709. The molecule has 0 bridgehead atoms. The second kappa shape index (κ2) is 3.83. The van der Waals surface area contributed by atoms with E-state index in [4.69, 9.17) is 0 Å². The predicted octanol–water partition coefficient (Wildman–Crippen LogP) is 1.57. The van der Waals surface area contributed by atoms with Gasteiger partial charge in [0.15, 0.2) is 0 Å². The molecule has 0 aromatic heterocycles. The van der Waals surface area contributed by atoms with E-state index in [-0.39, 0.29) is 28.9 Å². The van der Waals surface area contributed by atoms with E-state index >= 15 is 0 Å². The lowest BCUT2D eigenvalue weighted by Crippen LogP contribution is -2.49. The summed E-state index contributed by atoms with van der Waals surface area (Å²) in [4.78, 5) is 11.4. The topological polar surface area (TPSA) is 77.8 Å². The Morgan fingerprint density at radius 1 is 1.37 bits per heavy atom. The number of aliphatic carboxylic acids is 1. The Kier molecular flexibility index (Phi) is 2.64. The molecule has 5 unspecified atom stereocenters. The average Bonchev–Trinajstić information content (AvgIpc) is 2.70. The first-order valence-electron chi connectivity index (χ1n) is 7.08. The molecule has 0 saturated heterocycles. The van der Waals surface area contributed by atoms with Crippen LogP contribution in [0.4, 0.5) is 0 Å². The van der Waals surface area contributed by atoms with Gasteiger partial charge in [-0.1, -0.05) is 19.4 Å². The monoisotopic (exact) mass is 266 g/mol. The number of carboxylic acid groups (broad SMARTS) is 1. The van der Waals surface area contributed by atoms with E-state index in [0.29, 0.717) is 5.92 Å². The van der Waals surface area contributed by atoms with Gasteiger partial charge >= 0.3 is 5.97 Å². The highest BCUT2D eigenvalue weighted by atomic mass is 16.4. The number of rotatable bonds is 2. The molecule has 5 atom stereocenters. The molecule has 0 heterocycles. The van der Waals surface area contributed by atoms with Gasteiger partial charge in [0.05, 0.1) is 11.7 Å². The molecule has 0 amide bonds. The van der Waals surface area contributed by atoms with Gasteiger partial charge in [-0.15, -0.1) is 0 Å². The number of allylic oxidation sites excluding steroid dienone is 1. The Labute approximate surface area is 113 Å². The Morgan fingerprint density at radius 3 is 2.53 bits per heavy atom. The second-order valence-electron chi connectivity index (χ2n) is 7.21. The normalized spacial score (nSPS) is 48.5. The molecule has 0 spiro atoms. The van der Waals surface area contributed by atoms with Crippen LogP contribution in [0.15, 0.2) is 11.1 Å². The molecule has 4 nitrogen and oxygen atoms in total. The fraction of sp³-hybridized carbons (Fsp3) is 0.800. The molecule has 4 heteroatoms. The lowest BCUT2D eigenvalue weighted by Gasteiger charge is -2.54. The minimum atomic E-state index is -0.968. The van der Waals surface area contributed by atoms with Crippen LogP contribution in [0, 0.1) is 22.7 Å². The molecule has 19 heavy (non-hydrogen) atoms.